The van der Waals surface area contributed by atoms with E-state index in [0.29, 0.717) is 0 Å². The second kappa shape index (κ2) is 2.81. The third kappa shape index (κ3) is 1.93. The average molecular weight is 157 g/mol. The molecule has 3 heteroatoms. The molecule has 0 atom stereocenters. The van der Waals surface area contributed by atoms with Gasteiger partial charge in [-0.25, -0.2) is 0 Å². The zero-order valence-corrected chi connectivity index (χ0v) is 7.13. The SMILES string of the molecule is CC1(C)CCCN1CC(=O)O. The van der Waals surface area contributed by atoms with Gasteiger partial charge in [-0.3, -0.25) is 9.69 Å². The Balaban J connectivity index is 2.51. The maximum Gasteiger partial charge on any atom is 0.317 e. The van der Waals surface area contributed by atoms with Crippen LogP contribution in [0.15, 0.2) is 0 Å². The summed E-state index contributed by atoms with van der Waals surface area (Å²) in [7, 11) is 0. The fourth-order valence-electron chi connectivity index (χ4n) is 1.62. The number of carboxylic acids is 1. The lowest BCUT2D eigenvalue weighted by Crippen LogP contribution is -2.41. The quantitative estimate of drug-likeness (QED) is 0.648. The molecule has 1 N–H and O–H groups in total. The van der Waals surface area contributed by atoms with Crippen molar-refractivity contribution in [2.75, 3.05) is 13.1 Å². The Labute approximate surface area is 67.0 Å². The molecule has 3 nitrogen and oxygen atoms in total. The number of nitrogens with zero attached hydrogens (tertiary/aromatic N) is 1. The lowest BCUT2D eigenvalue weighted by molar-refractivity contribution is -0.139. The summed E-state index contributed by atoms with van der Waals surface area (Å²) in [5.74, 6) is -0.722. The molecule has 0 aromatic carbocycles. The van der Waals surface area contributed by atoms with Gasteiger partial charge in [-0.05, 0) is 33.2 Å². The Hall–Kier alpha value is -0.570. The Kier molecular flexibility index (Phi) is 2.18. The van der Waals surface area contributed by atoms with Crippen molar-refractivity contribution in [3.8, 4) is 0 Å². The van der Waals surface area contributed by atoms with Gasteiger partial charge in [0.25, 0.3) is 0 Å². The van der Waals surface area contributed by atoms with Gasteiger partial charge in [0.15, 0.2) is 0 Å². The third-order valence-electron chi connectivity index (χ3n) is 2.40. The molecule has 0 saturated carbocycles. The summed E-state index contributed by atoms with van der Waals surface area (Å²) in [5, 5.41) is 8.56. The number of hydrogen-bond donors (Lipinski definition) is 1. The molecule has 1 rings (SSSR count). The minimum Gasteiger partial charge on any atom is -0.480 e. The first-order valence-electron chi connectivity index (χ1n) is 3.99. The van der Waals surface area contributed by atoms with E-state index in [-0.39, 0.29) is 12.1 Å². The van der Waals surface area contributed by atoms with Crippen LogP contribution in [-0.4, -0.2) is 34.6 Å². The molecule has 1 fully saturated rings. The van der Waals surface area contributed by atoms with E-state index in [1.807, 2.05) is 4.90 Å². The first-order valence-corrected chi connectivity index (χ1v) is 3.99. The Morgan fingerprint density at radius 1 is 1.64 bits per heavy atom. The van der Waals surface area contributed by atoms with E-state index in [1.165, 1.54) is 0 Å². The van der Waals surface area contributed by atoms with Crippen LogP contribution in [0.2, 0.25) is 0 Å². The third-order valence-corrected chi connectivity index (χ3v) is 2.40. The Morgan fingerprint density at radius 2 is 2.27 bits per heavy atom. The molecular formula is C8H15NO2. The molecule has 0 amide bonds. The largest absolute Gasteiger partial charge is 0.480 e. The molecule has 1 saturated heterocycles. The summed E-state index contributed by atoms with van der Waals surface area (Å²) < 4.78 is 0. The van der Waals surface area contributed by atoms with Crippen molar-refractivity contribution in [1.29, 1.82) is 0 Å². The molecule has 0 aliphatic carbocycles. The maximum atomic E-state index is 10.4. The summed E-state index contributed by atoms with van der Waals surface area (Å²) in [4.78, 5) is 12.4. The molecule has 11 heavy (non-hydrogen) atoms. The molecule has 0 spiro atoms. The summed E-state index contributed by atoms with van der Waals surface area (Å²) >= 11 is 0. The van der Waals surface area contributed by atoms with Crippen molar-refractivity contribution >= 4 is 5.97 Å². The lowest BCUT2D eigenvalue weighted by atomic mass is 10.0. The van der Waals surface area contributed by atoms with Gasteiger partial charge in [-0.2, -0.15) is 0 Å². The van der Waals surface area contributed by atoms with Crippen LogP contribution in [0.3, 0.4) is 0 Å². The van der Waals surface area contributed by atoms with Crippen LogP contribution in [0.5, 0.6) is 0 Å². The van der Waals surface area contributed by atoms with Gasteiger partial charge in [0.1, 0.15) is 0 Å². The molecule has 0 unspecified atom stereocenters. The summed E-state index contributed by atoms with van der Waals surface area (Å²) in [5.41, 5.74) is 0.0956. The van der Waals surface area contributed by atoms with Crippen molar-refractivity contribution in [3.05, 3.63) is 0 Å². The van der Waals surface area contributed by atoms with Crippen molar-refractivity contribution in [1.82, 2.24) is 4.90 Å². The van der Waals surface area contributed by atoms with Gasteiger partial charge in [0.2, 0.25) is 0 Å². The predicted octanol–water partition coefficient (Wildman–Crippen LogP) is 0.945. The molecule has 1 aliphatic rings. The smallest absolute Gasteiger partial charge is 0.317 e. The molecule has 1 aliphatic heterocycles. The normalized spacial score (nSPS) is 23.8. The van der Waals surface area contributed by atoms with E-state index in [0.717, 1.165) is 19.4 Å². The zero-order valence-electron chi connectivity index (χ0n) is 7.13. The minimum absolute atomic E-state index is 0.0956. The average Bonchev–Trinajstić information content (AvgIpc) is 2.10. The van der Waals surface area contributed by atoms with Gasteiger partial charge in [0, 0.05) is 5.54 Å². The van der Waals surface area contributed by atoms with Crippen LogP contribution in [0, 0.1) is 0 Å². The lowest BCUT2D eigenvalue weighted by Gasteiger charge is -2.29. The first-order chi connectivity index (χ1) is 5.02. The van der Waals surface area contributed by atoms with Crippen LogP contribution in [0.4, 0.5) is 0 Å². The number of rotatable bonds is 2. The molecule has 0 radical (unpaired) electrons. The predicted molar refractivity (Wildman–Crippen MR) is 42.5 cm³/mol. The standard InChI is InChI=1S/C8H15NO2/c1-8(2)4-3-5-9(8)6-7(10)11/h3-6H2,1-2H3,(H,10,11). The van der Waals surface area contributed by atoms with Gasteiger partial charge in [0.05, 0.1) is 6.54 Å². The van der Waals surface area contributed by atoms with Crippen molar-refractivity contribution in [3.63, 3.8) is 0 Å². The second-order valence-electron chi connectivity index (χ2n) is 3.73. The minimum atomic E-state index is -0.722. The number of hydrogen-bond acceptors (Lipinski definition) is 2. The molecule has 0 aromatic heterocycles. The summed E-state index contributed by atoms with van der Waals surface area (Å²) in [6.45, 7) is 5.32. The fraction of sp³-hybridized carbons (Fsp3) is 0.875. The van der Waals surface area contributed by atoms with Crippen molar-refractivity contribution < 1.29 is 9.90 Å². The van der Waals surface area contributed by atoms with Crippen LogP contribution in [-0.2, 0) is 4.79 Å². The van der Waals surface area contributed by atoms with Crippen LogP contribution >= 0.6 is 0 Å². The van der Waals surface area contributed by atoms with Crippen LogP contribution < -0.4 is 0 Å². The highest BCUT2D eigenvalue weighted by Crippen LogP contribution is 2.27. The molecule has 0 bridgehead atoms. The first kappa shape index (κ1) is 8.53. The van der Waals surface area contributed by atoms with E-state index >= 15 is 0 Å². The van der Waals surface area contributed by atoms with E-state index in [2.05, 4.69) is 13.8 Å². The Morgan fingerprint density at radius 3 is 2.64 bits per heavy atom. The highest BCUT2D eigenvalue weighted by Gasteiger charge is 2.32. The topological polar surface area (TPSA) is 40.5 Å². The monoisotopic (exact) mass is 157 g/mol. The Bertz CT molecular complexity index is 165. The second-order valence-corrected chi connectivity index (χ2v) is 3.73. The molecule has 1 heterocycles. The summed E-state index contributed by atoms with van der Waals surface area (Å²) in [6.07, 6.45) is 2.24. The van der Waals surface area contributed by atoms with E-state index in [4.69, 9.17) is 5.11 Å². The zero-order chi connectivity index (χ0) is 8.48. The molecule has 0 aromatic rings. The number of carboxylic acid groups (broad SMARTS) is 1. The van der Waals surface area contributed by atoms with Gasteiger partial charge >= 0.3 is 5.97 Å². The van der Waals surface area contributed by atoms with Gasteiger partial charge in [-0.1, -0.05) is 0 Å². The van der Waals surface area contributed by atoms with Crippen LogP contribution in [0.1, 0.15) is 26.7 Å². The molecule has 64 valence electrons. The van der Waals surface area contributed by atoms with Crippen molar-refractivity contribution in [2.45, 2.75) is 32.2 Å². The van der Waals surface area contributed by atoms with Gasteiger partial charge in [-0.15, -0.1) is 0 Å². The van der Waals surface area contributed by atoms with E-state index in [1.54, 1.807) is 0 Å². The highest BCUT2D eigenvalue weighted by atomic mass is 16.4. The number of carbonyl (C=O) groups is 1. The summed E-state index contributed by atoms with van der Waals surface area (Å²) in [6, 6.07) is 0. The van der Waals surface area contributed by atoms with E-state index < -0.39 is 5.97 Å². The number of aliphatic carboxylic acids is 1. The maximum absolute atomic E-state index is 10.4. The van der Waals surface area contributed by atoms with Gasteiger partial charge < -0.3 is 5.11 Å². The fourth-order valence-corrected chi connectivity index (χ4v) is 1.62. The highest BCUT2D eigenvalue weighted by molar-refractivity contribution is 5.69. The van der Waals surface area contributed by atoms with E-state index in [9.17, 15) is 4.79 Å². The molecular weight excluding hydrogens is 142 g/mol. The number of likely N-dealkylation sites (tertiary alicyclic amines) is 1. The van der Waals surface area contributed by atoms with Crippen LogP contribution in [0.25, 0.3) is 0 Å². The van der Waals surface area contributed by atoms with Crippen molar-refractivity contribution in [2.24, 2.45) is 0 Å².